The summed E-state index contributed by atoms with van der Waals surface area (Å²) in [4.78, 5) is 26.2. The molecule has 6 heteroatoms. The van der Waals surface area contributed by atoms with E-state index in [2.05, 4.69) is 24.3 Å². The lowest BCUT2D eigenvalue weighted by atomic mass is 10.0. The van der Waals surface area contributed by atoms with Crippen LogP contribution in [0.2, 0.25) is 0 Å². The van der Waals surface area contributed by atoms with Crippen LogP contribution in [0.25, 0.3) is 21.8 Å². The molecular formula is C28H26N4O2. The first kappa shape index (κ1) is 21.6. The van der Waals surface area contributed by atoms with Crippen LogP contribution in [0.15, 0.2) is 89.9 Å². The largest absolute Gasteiger partial charge is 0.331 e. The van der Waals surface area contributed by atoms with Crippen LogP contribution in [0.4, 0.5) is 5.69 Å². The molecule has 5 aromatic rings. The zero-order chi connectivity index (χ0) is 23.7. The van der Waals surface area contributed by atoms with E-state index in [9.17, 15) is 9.59 Å². The van der Waals surface area contributed by atoms with E-state index in [0.29, 0.717) is 23.7 Å². The van der Waals surface area contributed by atoms with Gasteiger partial charge in [-0.1, -0.05) is 74.5 Å². The van der Waals surface area contributed by atoms with Crippen LogP contribution >= 0.6 is 0 Å². The van der Waals surface area contributed by atoms with E-state index in [-0.39, 0.29) is 18.0 Å². The number of nitrogens with zero attached hydrogens (tertiary/aromatic N) is 3. The van der Waals surface area contributed by atoms with Crippen molar-refractivity contribution in [2.75, 3.05) is 5.32 Å². The molecule has 170 valence electrons. The average molecular weight is 451 g/mol. The molecule has 1 N–H and O–H groups in total. The van der Waals surface area contributed by atoms with E-state index in [0.717, 1.165) is 21.9 Å². The molecule has 0 saturated carbocycles. The lowest BCUT2D eigenvalue weighted by Crippen LogP contribution is -2.30. The maximum atomic E-state index is 13.5. The number of fused-ring (bicyclic) bond motifs is 3. The lowest BCUT2D eigenvalue weighted by Gasteiger charge is -2.10. The van der Waals surface area contributed by atoms with Gasteiger partial charge >= 0.3 is 0 Å². The maximum Gasteiger partial charge on any atom is 0.291 e. The summed E-state index contributed by atoms with van der Waals surface area (Å²) in [6, 6.07) is 25.7. The first-order chi connectivity index (χ1) is 16.5. The van der Waals surface area contributed by atoms with Gasteiger partial charge in [0.25, 0.3) is 5.56 Å². The zero-order valence-electron chi connectivity index (χ0n) is 19.2. The second-order valence-corrected chi connectivity index (χ2v) is 8.78. The number of nitrogens with one attached hydrogen (secondary N) is 1. The number of aromatic nitrogens is 3. The fraction of sp³-hybridized carbons (Fsp3) is 0.179. The number of hydrogen-bond donors (Lipinski definition) is 1. The van der Waals surface area contributed by atoms with E-state index >= 15 is 0 Å². The van der Waals surface area contributed by atoms with Crippen LogP contribution in [-0.2, 0) is 17.9 Å². The van der Waals surface area contributed by atoms with Gasteiger partial charge < -0.3 is 9.88 Å². The Bertz CT molecular complexity index is 1530. The second-order valence-electron chi connectivity index (χ2n) is 8.78. The Hall–Kier alpha value is -4.19. The van der Waals surface area contributed by atoms with Crippen molar-refractivity contribution in [1.82, 2.24) is 14.3 Å². The SMILES string of the molecule is CC(C)c1ccc(NC(=O)Cn2ncc3c4ccccc4n(Cc4ccccc4)c3c2=O)cc1. The Balaban J connectivity index is 1.50. The number of anilines is 1. The number of benzene rings is 3. The van der Waals surface area contributed by atoms with Crippen molar-refractivity contribution >= 4 is 33.4 Å². The Morgan fingerprint density at radius 1 is 0.912 bits per heavy atom. The first-order valence-corrected chi connectivity index (χ1v) is 11.4. The van der Waals surface area contributed by atoms with Crippen LogP contribution in [-0.4, -0.2) is 20.3 Å². The number of hydrogen-bond acceptors (Lipinski definition) is 3. The molecule has 0 unspecified atom stereocenters. The Labute approximate surface area is 197 Å². The molecule has 0 bridgehead atoms. The number of carbonyl (C=O) groups is 1. The highest BCUT2D eigenvalue weighted by Gasteiger charge is 2.17. The minimum absolute atomic E-state index is 0.159. The molecule has 3 aromatic carbocycles. The first-order valence-electron chi connectivity index (χ1n) is 11.4. The standard InChI is InChI=1S/C28H26N4O2/c1-19(2)21-12-14-22(15-13-21)30-26(33)18-32-28(34)27-24(16-29-32)23-10-6-7-11-25(23)31(27)17-20-8-4-3-5-9-20/h3-16,19H,17-18H2,1-2H3,(H,30,33). The summed E-state index contributed by atoms with van der Waals surface area (Å²) in [5.41, 5.74) is 4.22. The van der Waals surface area contributed by atoms with Gasteiger partial charge in [0.1, 0.15) is 12.1 Å². The van der Waals surface area contributed by atoms with Crippen molar-refractivity contribution in [3.63, 3.8) is 0 Å². The third-order valence-corrected chi connectivity index (χ3v) is 6.11. The molecule has 2 aromatic heterocycles. The van der Waals surface area contributed by atoms with Crippen LogP contribution in [0, 0.1) is 0 Å². The number of para-hydroxylation sites is 1. The second kappa shape index (κ2) is 8.98. The summed E-state index contributed by atoms with van der Waals surface area (Å²) in [5.74, 6) is 0.124. The summed E-state index contributed by atoms with van der Waals surface area (Å²) >= 11 is 0. The van der Waals surface area contributed by atoms with Crippen molar-refractivity contribution in [2.45, 2.75) is 32.9 Å². The van der Waals surface area contributed by atoms with Gasteiger partial charge in [0.05, 0.1) is 6.20 Å². The van der Waals surface area contributed by atoms with Gasteiger partial charge in [0.15, 0.2) is 0 Å². The predicted octanol–water partition coefficient (Wildman–Crippen LogP) is 5.16. The van der Waals surface area contributed by atoms with Gasteiger partial charge in [0, 0.05) is 28.5 Å². The molecule has 0 aliphatic carbocycles. The highest BCUT2D eigenvalue weighted by Crippen LogP contribution is 2.27. The topological polar surface area (TPSA) is 68.9 Å². The molecule has 6 nitrogen and oxygen atoms in total. The summed E-state index contributed by atoms with van der Waals surface area (Å²) < 4.78 is 3.25. The van der Waals surface area contributed by atoms with E-state index in [4.69, 9.17) is 0 Å². The van der Waals surface area contributed by atoms with E-state index < -0.39 is 0 Å². The summed E-state index contributed by atoms with van der Waals surface area (Å²) in [7, 11) is 0. The fourth-order valence-electron chi connectivity index (χ4n) is 4.32. The smallest absolute Gasteiger partial charge is 0.291 e. The fourth-order valence-corrected chi connectivity index (χ4v) is 4.32. The Morgan fingerprint density at radius 2 is 1.62 bits per heavy atom. The molecular weight excluding hydrogens is 424 g/mol. The number of carbonyl (C=O) groups excluding carboxylic acids is 1. The third-order valence-electron chi connectivity index (χ3n) is 6.11. The normalized spacial score (nSPS) is 11.4. The molecule has 2 heterocycles. The summed E-state index contributed by atoms with van der Waals surface area (Å²) in [5, 5.41) is 8.95. The van der Waals surface area contributed by atoms with Gasteiger partial charge in [-0.15, -0.1) is 0 Å². The molecule has 0 atom stereocenters. The molecule has 0 aliphatic rings. The van der Waals surface area contributed by atoms with Crippen molar-refractivity contribution in [3.05, 3.63) is 107 Å². The van der Waals surface area contributed by atoms with Gasteiger partial charge in [-0.05, 0) is 35.2 Å². The van der Waals surface area contributed by atoms with Crippen LogP contribution in [0.1, 0.15) is 30.9 Å². The number of amides is 1. The average Bonchev–Trinajstić information content (AvgIpc) is 3.16. The molecule has 0 aliphatic heterocycles. The van der Waals surface area contributed by atoms with Crippen LogP contribution in [0.5, 0.6) is 0 Å². The minimum atomic E-state index is -0.294. The highest BCUT2D eigenvalue weighted by atomic mass is 16.2. The summed E-state index contributed by atoms with van der Waals surface area (Å²) in [6.45, 7) is 4.64. The number of rotatable bonds is 6. The van der Waals surface area contributed by atoms with E-state index in [1.165, 1.54) is 10.2 Å². The lowest BCUT2D eigenvalue weighted by molar-refractivity contribution is -0.117. The maximum absolute atomic E-state index is 13.5. The van der Waals surface area contributed by atoms with Crippen molar-refractivity contribution < 1.29 is 4.79 Å². The Morgan fingerprint density at radius 3 is 2.35 bits per heavy atom. The molecule has 0 radical (unpaired) electrons. The van der Waals surface area contributed by atoms with E-state index in [1.54, 1.807) is 6.20 Å². The highest BCUT2D eigenvalue weighted by molar-refractivity contribution is 6.07. The van der Waals surface area contributed by atoms with Crippen molar-refractivity contribution in [2.24, 2.45) is 0 Å². The van der Waals surface area contributed by atoms with Gasteiger partial charge in [-0.25, -0.2) is 4.68 Å². The molecule has 34 heavy (non-hydrogen) atoms. The molecule has 0 spiro atoms. The van der Waals surface area contributed by atoms with Crippen molar-refractivity contribution in [1.29, 1.82) is 0 Å². The quantitative estimate of drug-likeness (QED) is 0.388. The predicted molar refractivity (Wildman–Crippen MR) is 136 cm³/mol. The molecule has 1 amide bonds. The molecule has 0 saturated heterocycles. The Kier molecular flexibility index (Phi) is 5.72. The molecule has 0 fully saturated rings. The zero-order valence-corrected chi connectivity index (χ0v) is 19.2. The van der Waals surface area contributed by atoms with E-state index in [1.807, 2.05) is 83.4 Å². The van der Waals surface area contributed by atoms with Crippen molar-refractivity contribution in [3.8, 4) is 0 Å². The van der Waals surface area contributed by atoms with Gasteiger partial charge in [-0.2, -0.15) is 5.10 Å². The minimum Gasteiger partial charge on any atom is -0.331 e. The van der Waals surface area contributed by atoms with Gasteiger partial charge in [0.2, 0.25) is 5.91 Å². The van der Waals surface area contributed by atoms with Crippen LogP contribution < -0.4 is 10.9 Å². The molecule has 5 rings (SSSR count). The monoisotopic (exact) mass is 450 g/mol. The van der Waals surface area contributed by atoms with Gasteiger partial charge in [-0.3, -0.25) is 9.59 Å². The van der Waals surface area contributed by atoms with Crippen LogP contribution in [0.3, 0.4) is 0 Å². The third kappa shape index (κ3) is 4.10. The summed E-state index contributed by atoms with van der Waals surface area (Å²) in [6.07, 6.45) is 1.69.